The van der Waals surface area contributed by atoms with Gasteiger partial charge in [-0.05, 0) is 72.8 Å². The Morgan fingerprint density at radius 3 is 2.22 bits per heavy atom. The fourth-order valence-corrected chi connectivity index (χ4v) is 3.67. The zero-order chi connectivity index (χ0) is 16.2. The predicted octanol–water partition coefficient (Wildman–Crippen LogP) is 6.83. The smallest absolute Gasteiger partial charge is 0.126 e. The second-order valence-corrected chi connectivity index (χ2v) is 6.77. The zero-order valence-electron chi connectivity index (χ0n) is 13.4. The van der Waals surface area contributed by atoms with Gasteiger partial charge in [-0.15, -0.1) is 0 Å². The highest BCUT2D eigenvalue weighted by atomic mass is 35.5. The summed E-state index contributed by atoms with van der Waals surface area (Å²) in [5.74, 6) is 1.13. The van der Waals surface area contributed by atoms with Crippen molar-refractivity contribution in [2.75, 3.05) is 0 Å². The third kappa shape index (κ3) is 3.84. The molecule has 0 aromatic heterocycles. The number of rotatable bonds is 3. The second-order valence-electron chi connectivity index (χ2n) is 6.52. The summed E-state index contributed by atoms with van der Waals surface area (Å²) in [4.78, 5) is 0. The van der Waals surface area contributed by atoms with Crippen LogP contribution in [0.1, 0.15) is 42.7 Å². The topological polar surface area (TPSA) is 0 Å². The average molecular weight is 329 g/mol. The number of hydrogen-bond donors (Lipinski definition) is 0. The normalized spacial score (nSPS) is 21.7. The fourth-order valence-electron chi connectivity index (χ4n) is 3.47. The second kappa shape index (κ2) is 7.31. The molecule has 3 rings (SSSR count). The number of benzene rings is 2. The quantitative estimate of drug-likeness (QED) is 0.579. The molecule has 0 N–H and O–H groups in total. The van der Waals surface area contributed by atoms with Crippen LogP contribution in [0.2, 0.25) is 0 Å². The number of allylic oxidation sites excluding steroid dienone is 1. The van der Waals surface area contributed by atoms with Crippen LogP contribution in [-0.2, 0) is 0 Å². The van der Waals surface area contributed by atoms with Crippen LogP contribution < -0.4 is 0 Å². The van der Waals surface area contributed by atoms with E-state index in [9.17, 15) is 4.39 Å². The van der Waals surface area contributed by atoms with Crippen molar-refractivity contribution in [3.8, 4) is 11.1 Å². The maximum absolute atomic E-state index is 13.7. The molecule has 0 amide bonds. The van der Waals surface area contributed by atoms with E-state index in [1.54, 1.807) is 18.5 Å². The molecule has 1 aliphatic carbocycles. The van der Waals surface area contributed by atoms with Gasteiger partial charge in [0.05, 0.1) is 0 Å². The molecule has 0 unspecified atom stereocenters. The molecule has 0 bridgehead atoms. The average Bonchev–Trinajstić information content (AvgIpc) is 2.59. The van der Waals surface area contributed by atoms with Crippen molar-refractivity contribution >= 4 is 11.6 Å². The minimum Gasteiger partial charge on any atom is -0.207 e. The Kier molecular flexibility index (Phi) is 5.17. The molecule has 1 fully saturated rings. The van der Waals surface area contributed by atoms with Crippen molar-refractivity contribution in [1.82, 2.24) is 0 Å². The fraction of sp³-hybridized carbons (Fsp3) is 0.333. The first-order valence-electron chi connectivity index (χ1n) is 8.30. The van der Waals surface area contributed by atoms with Gasteiger partial charge < -0.3 is 0 Å². The van der Waals surface area contributed by atoms with Gasteiger partial charge in [-0.2, -0.15) is 0 Å². The Labute approximate surface area is 143 Å². The Hall–Kier alpha value is -1.60. The monoisotopic (exact) mass is 328 g/mol. The number of halogens is 2. The van der Waals surface area contributed by atoms with Crippen LogP contribution in [0.15, 0.2) is 54.1 Å². The molecular formula is C21H22ClF. The molecule has 1 saturated carbocycles. The van der Waals surface area contributed by atoms with Gasteiger partial charge in [0.25, 0.3) is 0 Å². The van der Waals surface area contributed by atoms with Crippen molar-refractivity contribution in [1.29, 1.82) is 0 Å². The van der Waals surface area contributed by atoms with Crippen molar-refractivity contribution < 1.29 is 4.39 Å². The van der Waals surface area contributed by atoms with Crippen LogP contribution in [0.25, 0.3) is 11.1 Å². The van der Waals surface area contributed by atoms with Gasteiger partial charge in [0.1, 0.15) is 5.82 Å². The van der Waals surface area contributed by atoms with Gasteiger partial charge in [0.15, 0.2) is 0 Å². The molecule has 1 aliphatic rings. The summed E-state index contributed by atoms with van der Waals surface area (Å²) in [6.45, 7) is 1.79. The number of aryl methyl sites for hydroxylation is 1. The highest BCUT2D eigenvalue weighted by Gasteiger charge is 2.20. The summed E-state index contributed by atoms with van der Waals surface area (Å²) in [6.07, 6.45) is 6.96. The third-order valence-corrected chi connectivity index (χ3v) is 5.15. The summed E-state index contributed by atoms with van der Waals surface area (Å²) < 4.78 is 13.7. The van der Waals surface area contributed by atoms with Crippen LogP contribution in [0.4, 0.5) is 4.39 Å². The van der Waals surface area contributed by atoms with E-state index in [2.05, 4.69) is 30.3 Å². The van der Waals surface area contributed by atoms with Crippen LogP contribution in [-0.4, -0.2) is 0 Å². The molecule has 120 valence electrons. The first kappa shape index (κ1) is 16.3. The van der Waals surface area contributed by atoms with Gasteiger partial charge in [0.2, 0.25) is 0 Å². The molecule has 0 saturated heterocycles. The van der Waals surface area contributed by atoms with E-state index in [1.807, 2.05) is 12.1 Å². The molecule has 0 spiro atoms. The van der Waals surface area contributed by atoms with E-state index in [-0.39, 0.29) is 5.82 Å². The molecule has 2 aromatic rings. The zero-order valence-corrected chi connectivity index (χ0v) is 14.2. The SMILES string of the molecule is Cc1ccc(-c2ccc(C3CCC(C=CCl)CC3)cc2)cc1F. The predicted molar refractivity (Wildman–Crippen MR) is 96.3 cm³/mol. The largest absolute Gasteiger partial charge is 0.207 e. The molecule has 2 aromatic carbocycles. The van der Waals surface area contributed by atoms with Crippen molar-refractivity contribution in [3.05, 3.63) is 71.0 Å². The van der Waals surface area contributed by atoms with Crippen molar-refractivity contribution in [3.63, 3.8) is 0 Å². The van der Waals surface area contributed by atoms with Crippen LogP contribution >= 0.6 is 11.6 Å². The highest BCUT2D eigenvalue weighted by Crippen LogP contribution is 2.37. The first-order chi connectivity index (χ1) is 11.2. The molecule has 23 heavy (non-hydrogen) atoms. The number of hydrogen-bond acceptors (Lipinski definition) is 0. The van der Waals surface area contributed by atoms with Crippen molar-refractivity contribution in [2.45, 2.75) is 38.5 Å². The summed E-state index contributed by atoms with van der Waals surface area (Å²) in [5, 5.41) is 0. The first-order valence-corrected chi connectivity index (χ1v) is 8.74. The van der Waals surface area contributed by atoms with Crippen LogP contribution in [0.5, 0.6) is 0 Å². The maximum atomic E-state index is 13.7. The lowest BCUT2D eigenvalue weighted by molar-refractivity contribution is 0.376. The Morgan fingerprint density at radius 1 is 0.957 bits per heavy atom. The summed E-state index contributed by atoms with van der Waals surface area (Å²) in [5.41, 5.74) is 5.75. The molecule has 0 aliphatic heterocycles. The lowest BCUT2D eigenvalue weighted by Crippen LogP contribution is -2.11. The maximum Gasteiger partial charge on any atom is 0.126 e. The minimum absolute atomic E-state index is 0.141. The van der Waals surface area contributed by atoms with Gasteiger partial charge in [-0.3, -0.25) is 0 Å². The van der Waals surface area contributed by atoms with E-state index in [4.69, 9.17) is 11.6 Å². The third-order valence-electron chi connectivity index (χ3n) is 5.00. The summed E-state index contributed by atoms with van der Waals surface area (Å²) >= 11 is 5.68. The van der Waals surface area contributed by atoms with Crippen molar-refractivity contribution in [2.24, 2.45) is 5.92 Å². The minimum atomic E-state index is -0.141. The van der Waals surface area contributed by atoms with E-state index < -0.39 is 0 Å². The molecule has 0 atom stereocenters. The summed E-state index contributed by atoms with van der Waals surface area (Å²) in [6, 6.07) is 14.1. The molecule has 0 radical (unpaired) electrons. The molecule has 2 heteroatoms. The Morgan fingerprint density at radius 2 is 1.61 bits per heavy atom. The highest BCUT2D eigenvalue weighted by molar-refractivity contribution is 6.25. The van der Waals surface area contributed by atoms with Gasteiger partial charge >= 0.3 is 0 Å². The Balaban J connectivity index is 1.71. The molecular weight excluding hydrogens is 307 g/mol. The van der Waals surface area contributed by atoms with Crippen LogP contribution in [0.3, 0.4) is 0 Å². The lowest BCUT2D eigenvalue weighted by Gasteiger charge is -2.27. The van der Waals surface area contributed by atoms with E-state index in [0.717, 1.165) is 11.1 Å². The molecule has 0 nitrogen and oxygen atoms in total. The van der Waals surface area contributed by atoms with E-state index in [1.165, 1.54) is 31.2 Å². The standard InChI is InChI=1S/C21H22ClF/c1-15-2-5-20(14-21(15)23)19-10-8-18(9-11-19)17-6-3-16(4-7-17)12-13-22/h2,5,8-14,16-17H,3-4,6-7H2,1H3. The van der Waals surface area contributed by atoms with Gasteiger partial charge in [0, 0.05) is 5.54 Å². The van der Waals surface area contributed by atoms with E-state index >= 15 is 0 Å². The Bertz CT molecular complexity index is 679. The molecule has 0 heterocycles. The van der Waals surface area contributed by atoms with Gasteiger partial charge in [-0.25, -0.2) is 4.39 Å². The summed E-state index contributed by atoms with van der Waals surface area (Å²) in [7, 11) is 0. The lowest BCUT2D eigenvalue weighted by atomic mass is 9.78. The van der Waals surface area contributed by atoms with Crippen LogP contribution in [0, 0.1) is 18.7 Å². The van der Waals surface area contributed by atoms with Gasteiger partial charge in [-0.1, -0.05) is 54.1 Å². The van der Waals surface area contributed by atoms with E-state index in [0.29, 0.717) is 17.4 Å².